The summed E-state index contributed by atoms with van der Waals surface area (Å²) in [7, 11) is 1.39. The Labute approximate surface area is 153 Å². The van der Waals surface area contributed by atoms with Crippen molar-refractivity contribution in [1.29, 1.82) is 0 Å². The van der Waals surface area contributed by atoms with Gasteiger partial charge in [-0.25, -0.2) is 4.79 Å². The van der Waals surface area contributed by atoms with Crippen molar-refractivity contribution in [3.05, 3.63) is 35.0 Å². The Kier molecular flexibility index (Phi) is 4.70. The molecule has 1 aliphatic carbocycles. The zero-order chi connectivity index (χ0) is 18.1. The highest BCUT2D eigenvalue weighted by Gasteiger charge is 2.26. The van der Waals surface area contributed by atoms with Gasteiger partial charge in [0.05, 0.1) is 12.7 Å². The molecule has 1 amide bonds. The number of carbonyl (C=O) groups excluding carboxylic acids is 2. The molecular weight excluding hydrogens is 328 g/mol. The van der Waals surface area contributed by atoms with Gasteiger partial charge >= 0.3 is 5.97 Å². The minimum atomic E-state index is -0.331. The highest BCUT2D eigenvalue weighted by molar-refractivity contribution is 5.96. The Morgan fingerprint density at radius 3 is 2.81 bits per heavy atom. The second kappa shape index (κ2) is 7.14. The van der Waals surface area contributed by atoms with Crippen molar-refractivity contribution in [2.24, 2.45) is 5.92 Å². The smallest absolute Gasteiger partial charge is 0.337 e. The molecule has 2 aromatic rings. The lowest BCUT2D eigenvalue weighted by Gasteiger charge is -2.30. The molecule has 138 valence electrons. The van der Waals surface area contributed by atoms with Crippen LogP contribution >= 0.6 is 0 Å². The van der Waals surface area contributed by atoms with Crippen molar-refractivity contribution in [1.82, 2.24) is 9.88 Å². The predicted octanol–water partition coefficient (Wildman–Crippen LogP) is 3.81. The Hall–Kier alpha value is -2.30. The van der Waals surface area contributed by atoms with Gasteiger partial charge in [0.2, 0.25) is 5.91 Å². The number of nitrogens with zero attached hydrogens (tertiary/aromatic N) is 1. The number of nitrogens with one attached hydrogen (secondary N) is 1. The summed E-state index contributed by atoms with van der Waals surface area (Å²) in [6, 6.07) is 5.59. The number of rotatable bonds is 3. The van der Waals surface area contributed by atoms with Crippen molar-refractivity contribution < 1.29 is 14.3 Å². The van der Waals surface area contributed by atoms with Crippen molar-refractivity contribution in [2.75, 3.05) is 13.7 Å². The Morgan fingerprint density at radius 2 is 2.04 bits per heavy atom. The number of hydrogen-bond acceptors (Lipinski definition) is 3. The van der Waals surface area contributed by atoms with Crippen LogP contribution in [0.1, 0.15) is 60.1 Å². The van der Waals surface area contributed by atoms with Crippen LogP contribution in [0.2, 0.25) is 0 Å². The fourth-order valence-corrected chi connectivity index (χ4v) is 4.44. The van der Waals surface area contributed by atoms with Crippen molar-refractivity contribution >= 4 is 22.8 Å². The van der Waals surface area contributed by atoms with Crippen LogP contribution < -0.4 is 0 Å². The fourth-order valence-electron chi connectivity index (χ4n) is 4.44. The number of H-pyrrole nitrogens is 1. The molecule has 1 aromatic heterocycles. The SMILES string of the molecule is COC(=O)c1ccc2[nH]c3c(c2c1)CN(C(=O)CC1CCCCC1)CC3. The van der Waals surface area contributed by atoms with E-state index in [4.69, 9.17) is 4.74 Å². The van der Waals surface area contributed by atoms with Crippen LogP contribution in [0.15, 0.2) is 18.2 Å². The monoisotopic (exact) mass is 354 g/mol. The van der Waals surface area contributed by atoms with Gasteiger partial charge in [-0.1, -0.05) is 19.3 Å². The van der Waals surface area contributed by atoms with Crippen LogP contribution in [0.5, 0.6) is 0 Å². The van der Waals surface area contributed by atoms with Crippen LogP contribution in [0.25, 0.3) is 10.9 Å². The third-order valence-electron chi connectivity index (χ3n) is 5.94. The van der Waals surface area contributed by atoms with Gasteiger partial charge in [-0.15, -0.1) is 0 Å². The van der Waals surface area contributed by atoms with Gasteiger partial charge < -0.3 is 14.6 Å². The van der Waals surface area contributed by atoms with Gasteiger partial charge in [-0.3, -0.25) is 4.79 Å². The first kappa shape index (κ1) is 17.1. The number of esters is 1. The van der Waals surface area contributed by atoms with E-state index in [1.807, 2.05) is 17.0 Å². The summed E-state index contributed by atoms with van der Waals surface area (Å²) in [4.78, 5) is 30.1. The maximum absolute atomic E-state index is 12.8. The van der Waals surface area contributed by atoms with E-state index in [1.54, 1.807) is 6.07 Å². The van der Waals surface area contributed by atoms with Crippen molar-refractivity contribution in [2.45, 2.75) is 51.5 Å². The summed E-state index contributed by atoms with van der Waals surface area (Å²) in [6.07, 6.45) is 7.76. The predicted molar refractivity (Wildman–Crippen MR) is 100.0 cm³/mol. The van der Waals surface area contributed by atoms with Crippen LogP contribution in [0.3, 0.4) is 0 Å². The molecule has 1 fully saturated rings. The molecule has 0 spiro atoms. The van der Waals surface area contributed by atoms with Gasteiger partial charge in [-0.05, 0) is 37.0 Å². The standard InChI is InChI=1S/C21H26N2O3/c1-26-21(25)15-7-8-18-16(12-15)17-13-23(10-9-19(17)22-18)20(24)11-14-5-3-2-4-6-14/h7-8,12,14,22H,2-6,9-11,13H2,1H3. The van der Waals surface area contributed by atoms with Gasteiger partial charge in [0.1, 0.15) is 0 Å². The molecule has 1 N–H and O–H groups in total. The molecule has 5 nitrogen and oxygen atoms in total. The number of amides is 1. The molecule has 1 aromatic carbocycles. The van der Waals surface area contributed by atoms with Crippen molar-refractivity contribution in [3.63, 3.8) is 0 Å². The zero-order valence-corrected chi connectivity index (χ0v) is 15.3. The van der Waals surface area contributed by atoms with E-state index in [0.717, 1.165) is 29.4 Å². The Morgan fingerprint density at radius 1 is 1.23 bits per heavy atom. The third-order valence-corrected chi connectivity index (χ3v) is 5.94. The number of methoxy groups -OCH3 is 1. The second-order valence-electron chi connectivity index (χ2n) is 7.61. The van der Waals surface area contributed by atoms with Gasteiger partial charge in [0, 0.05) is 48.1 Å². The minimum Gasteiger partial charge on any atom is -0.465 e. The molecule has 2 aliphatic rings. The first-order valence-corrected chi connectivity index (χ1v) is 9.65. The van der Waals surface area contributed by atoms with E-state index in [2.05, 4.69) is 4.98 Å². The van der Waals surface area contributed by atoms with Gasteiger partial charge in [0.15, 0.2) is 0 Å². The minimum absolute atomic E-state index is 0.279. The molecule has 0 unspecified atom stereocenters. The van der Waals surface area contributed by atoms with E-state index in [-0.39, 0.29) is 11.9 Å². The quantitative estimate of drug-likeness (QED) is 0.853. The van der Waals surface area contributed by atoms with Crippen LogP contribution in [-0.2, 0) is 22.5 Å². The lowest BCUT2D eigenvalue weighted by Crippen LogP contribution is -2.36. The molecule has 5 heteroatoms. The molecule has 2 heterocycles. The van der Waals surface area contributed by atoms with E-state index in [9.17, 15) is 9.59 Å². The molecular formula is C21H26N2O3. The summed E-state index contributed by atoms with van der Waals surface area (Å²) >= 11 is 0. The first-order valence-electron chi connectivity index (χ1n) is 9.65. The van der Waals surface area contributed by atoms with E-state index in [0.29, 0.717) is 24.4 Å². The highest BCUT2D eigenvalue weighted by atomic mass is 16.5. The molecule has 4 rings (SSSR count). The maximum Gasteiger partial charge on any atom is 0.337 e. The molecule has 0 saturated heterocycles. The van der Waals surface area contributed by atoms with E-state index >= 15 is 0 Å². The van der Waals surface area contributed by atoms with Crippen LogP contribution in [0.4, 0.5) is 0 Å². The molecule has 1 aliphatic heterocycles. The Bertz CT molecular complexity index is 833. The first-order chi connectivity index (χ1) is 12.7. The second-order valence-corrected chi connectivity index (χ2v) is 7.61. The van der Waals surface area contributed by atoms with Crippen molar-refractivity contribution in [3.8, 4) is 0 Å². The Balaban J connectivity index is 1.54. The molecule has 1 saturated carbocycles. The van der Waals surface area contributed by atoms with Crippen LogP contribution in [-0.4, -0.2) is 35.4 Å². The largest absolute Gasteiger partial charge is 0.465 e. The number of aromatic nitrogens is 1. The number of aromatic amines is 1. The normalized spacial score (nSPS) is 18.0. The van der Waals surface area contributed by atoms with E-state index < -0.39 is 0 Å². The van der Waals surface area contributed by atoms with E-state index in [1.165, 1.54) is 44.9 Å². The lowest BCUT2D eigenvalue weighted by molar-refractivity contribution is -0.133. The topological polar surface area (TPSA) is 62.4 Å². The summed E-state index contributed by atoms with van der Waals surface area (Å²) in [5.74, 6) is 0.510. The molecule has 0 radical (unpaired) electrons. The molecule has 0 bridgehead atoms. The summed E-state index contributed by atoms with van der Waals surface area (Å²) in [6.45, 7) is 1.40. The average Bonchev–Trinajstić information content (AvgIpc) is 3.05. The summed E-state index contributed by atoms with van der Waals surface area (Å²) < 4.78 is 4.84. The van der Waals surface area contributed by atoms with Gasteiger partial charge in [0.25, 0.3) is 0 Å². The average molecular weight is 354 g/mol. The highest BCUT2D eigenvalue weighted by Crippen LogP contribution is 2.31. The zero-order valence-electron chi connectivity index (χ0n) is 15.3. The fraction of sp³-hybridized carbons (Fsp3) is 0.524. The summed E-state index contributed by atoms with van der Waals surface area (Å²) in [5, 5.41) is 1.03. The molecule has 26 heavy (non-hydrogen) atoms. The lowest BCUT2D eigenvalue weighted by atomic mass is 9.86. The molecule has 0 atom stereocenters. The number of ether oxygens (including phenoxy) is 1. The number of benzene rings is 1. The van der Waals surface area contributed by atoms with Crippen LogP contribution in [0, 0.1) is 5.92 Å². The number of carbonyl (C=O) groups is 2. The number of hydrogen-bond donors (Lipinski definition) is 1. The maximum atomic E-state index is 12.8. The number of fused-ring (bicyclic) bond motifs is 3. The summed E-state index contributed by atoms with van der Waals surface area (Å²) in [5.41, 5.74) is 3.90. The van der Waals surface area contributed by atoms with Gasteiger partial charge in [-0.2, -0.15) is 0 Å². The third kappa shape index (κ3) is 3.22.